The Morgan fingerprint density at radius 3 is 2.80 bits per heavy atom. The van der Waals surface area contributed by atoms with Gasteiger partial charge in [0.05, 0.1) is 5.25 Å². The van der Waals surface area contributed by atoms with E-state index in [4.69, 9.17) is 0 Å². The predicted octanol–water partition coefficient (Wildman–Crippen LogP) is 3.60. The van der Waals surface area contributed by atoms with E-state index in [1.165, 1.54) is 16.6 Å². The maximum absolute atomic E-state index is 12.6. The summed E-state index contributed by atoms with van der Waals surface area (Å²) >= 11 is 3.08. The largest absolute Gasteiger partial charge is 0.340 e. The lowest BCUT2D eigenvalue weighted by Gasteiger charge is -2.20. The van der Waals surface area contributed by atoms with Crippen molar-refractivity contribution in [3.8, 4) is 0 Å². The zero-order valence-electron chi connectivity index (χ0n) is 14.2. The molecule has 0 aliphatic heterocycles. The van der Waals surface area contributed by atoms with Crippen molar-refractivity contribution in [2.24, 2.45) is 0 Å². The number of rotatable bonds is 7. The van der Waals surface area contributed by atoms with Crippen LogP contribution in [-0.2, 0) is 17.8 Å². The van der Waals surface area contributed by atoms with E-state index in [9.17, 15) is 4.79 Å². The average molecular weight is 373 g/mol. The summed E-state index contributed by atoms with van der Waals surface area (Å²) in [7, 11) is 1.83. The number of carbonyl (C=O) groups is 1. The number of nitrogens with zero attached hydrogens (tertiary/aromatic N) is 3. The molecule has 5 nitrogen and oxygen atoms in total. The van der Waals surface area contributed by atoms with Crippen LogP contribution in [0.5, 0.6) is 0 Å². The van der Waals surface area contributed by atoms with Crippen molar-refractivity contribution in [3.63, 3.8) is 0 Å². The second-order valence-corrected chi connectivity index (χ2v) is 8.10. The highest BCUT2D eigenvalue weighted by Crippen LogP contribution is 2.22. The number of aromatic amines is 1. The van der Waals surface area contributed by atoms with Crippen LogP contribution in [0, 0.1) is 0 Å². The first-order valence-electron chi connectivity index (χ1n) is 8.01. The van der Waals surface area contributed by atoms with Gasteiger partial charge in [0.1, 0.15) is 5.82 Å². The molecule has 1 unspecified atom stereocenters. The quantitative estimate of drug-likeness (QED) is 0.644. The molecular formula is C18H20N4OS2. The highest BCUT2D eigenvalue weighted by atomic mass is 32.2. The summed E-state index contributed by atoms with van der Waals surface area (Å²) < 4.78 is 0. The van der Waals surface area contributed by atoms with E-state index in [0.29, 0.717) is 11.7 Å². The number of H-pyrrole nitrogens is 1. The Bertz CT molecular complexity index is 802. The predicted molar refractivity (Wildman–Crippen MR) is 102 cm³/mol. The van der Waals surface area contributed by atoms with Crippen molar-refractivity contribution in [1.82, 2.24) is 20.1 Å². The first kappa shape index (κ1) is 17.7. The Hall–Kier alpha value is -2.12. The number of thiophene rings is 1. The molecule has 2 aromatic heterocycles. The van der Waals surface area contributed by atoms with Crippen LogP contribution in [0.3, 0.4) is 0 Å². The Morgan fingerprint density at radius 2 is 2.08 bits per heavy atom. The molecule has 2 heterocycles. The molecule has 130 valence electrons. The molecule has 3 aromatic rings. The maximum Gasteiger partial charge on any atom is 0.235 e. The van der Waals surface area contributed by atoms with Gasteiger partial charge in [-0.1, -0.05) is 48.2 Å². The van der Waals surface area contributed by atoms with Crippen LogP contribution >= 0.6 is 23.1 Å². The molecule has 0 aliphatic rings. The van der Waals surface area contributed by atoms with Gasteiger partial charge >= 0.3 is 0 Å². The Morgan fingerprint density at radius 1 is 1.28 bits per heavy atom. The molecule has 1 amide bonds. The van der Waals surface area contributed by atoms with Gasteiger partial charge in [-0.15, -0.1) is 16.4 Å². The van der Waals surface area contributed by atoms with Gasteiger partial charge in [0.15, 0.2) is 0 Å². The third kappa shape index (κ3) is 4.93. The molecule has 1 aromatic carbocycles. The molecule has 0 radical (unpaired) electrons. The average Bonchev–Trinajstić information content (AvgIpc) is 3.27. The molecular weight excluding hydrogens is 352 g/mol. The zero-order chi connectivity index (χ0) is 17.6. The molecule has 25 heavy (non-hydrogen) atoms. The molecule has 7 heteroatoms. The summed E-state index contributed by atoms with van der Waals surface area (Å²) in [6, 6.07) is 14.1. The highest BCUT2D eigenvalue weighted by molar-refractivity contribution is 8.00. The van der Waals surface area contributed by atoms with E-state index < -0.39 is 0 Å². The number of benzene rings is 1. The second kappa shape index (κ2) is 8.31. The summed E-state index contributed by atoms with van der Waals surface area (Å²) in [5, 5.41) is 9.60. The van der Waals surface area contributed by atoms with Gasteiger partial charge in [-0.25, -0.2) is 4.98 Å². The lowest BCUT2D eigenvalue weighted by molar-refractivity contribution is -0.129. The molecule has 0 saturated carbocycles. The molecule has 0 bridgehead atoms. The Balaban J connectivity index is 1.55. The first-order chi connectivity index (χ1) is 12.1. The number of amides is 1. The minimum atomic E-state index is -0.237. The number of carbonyl (C=O) groups excluding carboxylic acids is 1. The van der Waals surface area contributed by atoms with E-state index in [0.717, 1.165) is 17.8 Å². The highest BCUT2D eigenvalue weighted by Gasteiger charge is 2.20. The molecule has 0 aliphatic carbocycles. The Kier molecular flexibility index (Phi) is 5.88. The number of thioether (sulfide) groups is 1. The van der Waals surface area contributed by atoms with Gasteiger partial charge in [-0.2, -0.15) is 0 Å². The molecule has 1 atom stereocenters. The second-order valence-electron chi connectivity index (χ2n) is 5.76. The molecule has 1 N–H and O–H groups in total. The van der Waals surface area contributed by atoms with Gasteiger partial charge in [-0.05, 0) is 23.9 Å². The lowest BCUT2D eigenvalue weighted by atomic mass is 10.2. The van der Waals surface area contributed by atoms with Gasteiger partial charge in [0.25, 0.3) is 0 Å². The van der Waals surface area contributed by atoms with Crippen LogP contribution in [0.4, 0.5) is 0 Å². The lowest BCUT2D eigenvalue weighted by Crippen LogP contribution is -2.32. The van der Waals surface area contributed by atoms with E-state index in [-0.39, 0.29) is 11.2 Å². The van der Waals surface area contributed by atoms with Crippen LogP contribution in [0.2, 0.25) is 0 Å². The van der Waals surface area contributed by atoms with Crippen molar-refractivity contribution < 1.29 is 4.79 Å². The van der Waals surface area contributed by atoms with Gasteiger partial charge < -0.3 is 4.90 Å². The monoisotopic (exact) mass is 372 g/mol. The summed E-state index contributed by atoms with van der Waals surface area (Å²) in [4.78, 5) is 20.0. The van der Waals surface area contributed by atoms with E-state index in [1.54, 1.807) is 16.2 Å². The summed E-state index contributed by atoms with van der Waals surface area (Å²) in [6.45, 7) is 2.49. The SMILES string of the molecule is CC(Sc1n[nH]c(Cc2cccs2)n1)C(=O)N(C)Cc1ccccc1. The van der Waals surface area contributed by atoms with Crippen molar-refractivity contribution in [2.45, 2.75) is 30.3 Å². The number of aromatic nitrogens is 3. The summed E-state index contributed by atoms with van der Waals surface area (Å²) in [5.74, 6) is 0.890. The normalized spacial score (nSPS) is 12.1. The smallest absolute Gasteiger partial charge is 0.235 e. The van der Waals surface area contributed by atoms with Crippen LogP contribution in [0.15, 0.2) is 53.0 Å². The summed E-state index contributed by atoms with van der Waals surface area (Å²) in [5.41, 5.74) is 1.12. The van der Waals surface area contributed by atoms with Crippen LogP contribution < -0.4 is 0 Å². The van der Waals surface area contributed by atoms with Gasteiger partial charge in [0, 0.05) is 24.9 Å². The van der Waals surface area contributed by atoms with E-state index in [2.05, 4.69) is 21.2 Å². The minimum absolute atomic E-state index is 0.0680. The van der Waals surface area contributed by atoms with Gasteiger partial charge in [0.2, 0.25) is 11.1 Å². The number of hydrogen-bond acceptors (Lipinski definition) is 5. The minimum Gasteiger partial charge on any atom is -0.340 e. The molecule has 0 spiro atoms. The van der Waals surface area contributed by atoms with Crippen molar-refractivity contribution in [2.75, 3.05) is 7.05 Å². The van der Waals surface area contributed by atoms with Crippen molar-refractivity contribution in [3.05, 3.63) is 64.1 Å². The number of hydrogen-bond donors (Lipinski definition) is 1. The van der Waals surface area contributed by atoms with Crippen LogP contribution in [-0.4, -0.2) is 38.3 Å². The molecule has 0 fully saturated rings. The third-order valence-electron chi connectivity index (χ3n) is 3.70. The Labute approximate surface area is 155 Å². The fourth-order valence-electron chi connectivity index (χ4n) is 2.44. The standard InChI is InChI=1S/C18H20N4OS2/c1-13(17(23)22(2)12-14-7-4-3-5-8-14)25-18-19-16(20-21-18)11-15-9-6-10-24-15/h3-10,13H,11-12H2,1-2H3,(H,19,20,21). The number of nitrogens with one attached hydrogen (secondary N) is 1. The third-order valence-corrected chi connectivity index (χ3v) is 5.53. The molecule has 0 saturated heterocycles. The van der Waals surface area contributed by atoms with Crippen LogP contribution in [0.25, 0.3) is 0 Å². The van der Waals surface area contributed by atoms with E-state index in [1.807, 2.05) is 55.7 Å². The van der Waals surface area contributed by atoms with E-state index >= 15 is 0 Å². The van der Waals surface area contributed by atoms with Crippen LogP contribution in [0.1, 0.15) is 23.2 Å². The van der Waals surface area contributed by atoms with Gasteiger partial charge in [-0.3, -0.25) is 9.89 Å². The topological polar surface area (TPSA) is 61.9 Å². The fourth-order valence-corrected chi connectivity index (χ4v) is 4.01. The zero-order valence-corrected chi connectivity index (χ0v) is 15.8. The fraction of sp³-hybridized carbons (Fsp3) is 0.278. The maximum atomic E-state index is 12.6. The first-order valence-corrected chi connectivity index (χ1v) is 9.77. The van der Waals surface area contributed by atoms with Crippen molar-refractivity contribution >= 4 is 29.0 Å². The molecule has 3 rings (SSSR count). The van der Waals surface area contributed by atoms with Crippen molar-refractivity contribution in [1.29, 1.82) is 0 Å². The summed E-state index contributed by atoms with van der Waals surface area (Å²) in [6.07, 6.45) is 0.738.